The van der Waals surface area contributed by atoms with Gasteiger partial charge in [0.1, 0.15) is 0 Å². The number of fused-ring (bicyclic) bond motifs is 1. The first-order valence-electron chi connectivity index (χ1n) is 7.24. The minimum Gasteiger partial charge on any atom is -0.303 e. The SMILES string of the molecule is Cc1cc(C)cc(C(C)NCc2nnc3ccccn23)c1. The molecule has 0 radical (unpaired) electrons. The Morgan fingerprint density at radius 1 is 1.10 bits per heavy atom. The third kappa shape index (κ3) is 2.95. The number of benzene rings is 1. The van der Waals surface area contributed by atoms with E-state index in [-0.39, 0.29) is 6.04 Å². The zero-order chi connectivity index (χ0) is 14.8. The van der Waals surface area contributed by atoms with Gasteiger partial charge < -0.3 is 5.32 Å². The summed E-state index contributed by atoms with van der Waals surface area (Å²) in [6.07, 6.45) is 1.99. The fourth-order valence-corrected chi connectivity index (χ4v) is 2.63. The first-order chi connectivity index (χ1) is 10.1. The van der Waals surface area contributed by atoms with Gasteiger partial charge in [0, 0.05) is 12.2 Å². The molecule has 4 nitrogen and oxygen atoms in total. The van der Waals surface area contributed by atoms with E-state index in [1.807, 2.05) is 28.8 Å². The fourth-order valence-electron chi connectivity index (χ4n) is 2.63. The highest BCUT2D eigenvalue weighted by molar-refractivity contribution is 5.37. The van der Waals surface area contributed by atoms with Crippen LogP contribution in [0.4, 0.5) is 0 Å². The monoisotopic (exact) mass is 280 g/mol. The number of nitrogens with one attached hydrogen (secondary N) is 1. The van der Waals surface area contributed by atoms with Crippen LogP contribution in [0.15, 0.2) is 42.6 Å². The van der Waals surface area contributed by atoms with E-state index in [1.54, 1.807) is 0 Å². The van der Waals surface area contributed by atoms with Gasteiger partial charge in [0.15, 0.2) is 11.5 Å². The predicted octanol–water partition coefficient (Wildman–Crippen LogP) is 3.20. The van der Waals surface area contributed by atoms with Crippen LogP contribution in [0.1, 0.15) is 35.5 Å². The number of rotatable bonds is 4. The lowest BCUT2D eigenvalue weighted by Crippen LogP contribution is -2.19. The molecule has 0 saturated heterocycles. The zero-order valence-electron chi connectivity index (χ0n) is 12.7. The van der Waals surface area contributed by atoms with Crippen LogP contribution in [-0.4, -0.2) is 14.6 Å². The molecule has 0 saturated carbocycles. The van der Waals surface area contributed by atoms with E-state index in [1.165, 1.54) is 16.7 Å². The van der Waals surface area contributed by atoms with Crippen molar-refractivity contribution in [1.82, 2.24) is 19.9 Å². The lowest BCUT2D eigenvalue weighted by molar-refractivity contribution is 0.556. The molecule has 0 amide bonds. The van der Waals surface area contributed by atoms with Crippen molar-refractivity contribution < 1.29 is 0 Å². The lowest BCUT2D eigenvalue weighted by Gasteiger charge is -2.15. The molecule has 3 aromatic rings. The summed E-state index contributed by atoms with van der Waals surface area (Å²) >= 11 is 0. The molecule has 0 aliphatic carbocycles. The van der Waals surface area contributed by atoms with Gasteiger partial charge >= 0.3 is 0 Å². The van der Waals surface area contributed by atoms with Crippen molar-refractivity contribution in [3.8, 4) is 0 Å². The van der Waals surface area contributed by atoms with Crippen LogP contribution in [-0.2, 0) is 6.54 Å². The Kier molecular flexibility index (Phi) is 3.71. The zero-order valence-corrected chi connectivity index (χ0v) is 12.7. The molecule has 108 valence electrons. The van der Waals surface area contributed by atoms with Crippen molar-refractivity contribution in [2.24, 2.45) is 0 Å². The minimum absolute atomic E-state index is 0.277. The van der Waals surface area contributed by atoms with E-state index in [2.05, 4.69) is 54.5 Å². The molecule has 0 bridgehead atoms. The van der Waals surface area contributed by atoms with E-state index in [0.29, 0.717) is 6.54 Å². The van der Waals surface area contributed by atoms with Gasteiger partial charge in [0.25, 0.3) is 0 Å². The van der Waals surface area contributed by atoms with Crippen LogP contribution in [0.3, 0.4) is 0 Å². The summed E-state index contributed by atoms with van der Waals surface area (Å²) in [4.78, 5) is 0. The molecular formula is C17H20N4. The van der Waals surface area contributed by atoms with Crippen molar-refractivity contribution in [2.75, 3.05) is 0 Å². The smallest absolute Gasteiger partial charge is 0.160 e. The van der Waals surface area contributed by atoms with Crippen molar-refractivity contribution >= 4 is 5.65 Å². The van der Waals surface area contributed by atoms with Crippen molar-refractivity contribution in [2.45, 2.75) is 33.4 Å². The van der Waals surface area contributed by atoms with Crippen LogP contribution in [0.25, 0.3) is 5.65 Å². The average molecular weight is 280 g/mol. The number of hydrogen-bond donors (Lipinski definition) is 1. The quantitative estimate of drug-likeness (QED) is 0.798. The standard InChI is InChI=1S/C17H20N4/c1-12-8-13(2)10-15(9-12)14(3)18-11-17-20-19-16-6-4-5-7-21(16)17/h4-10,14,18H,11H2,1-3H3. The predicted molar refractivity (Wildman–Crippen MR) is 84.2 cm³/mol. The number of hydrogen-bond acceptors (Lipinski definition) is 3. The third-order valence-electron chi connectivity index (χ3n) is 3.69. The largest absolute Gasteiger partial charge is 0.303 e. The van der Waals surface area contributed by atoms with E-state index in [0.717, 1.165) is 11.5 Å². The minimum atomic E-state index is 0.277. The molecule has 0 aliphatic heterocycles. The van der Waals surface area contributed by atoms with Crippen LogP contribution >= 0.6 is 0 Å². The second-order valence-electron chi connectivity index (χ2n) is 5.57. The highest BCUT2D eigenvalue weighted by atomic mass is 15.3. The Hall–Kier alpha value is -2.20. The Morgan fingerprint density at radius 3 is 2.62 bits per heavy atom. The number of pyridine rings is 1. The Morgan fingerprint density at radius 2 is 1.86 bits per heavy atom. The second kappa shape index (κ2) is 5.66. The van der Waals surface area contributed by atoms with Gasteiger partial charge in [-0.3, -0.25) is 4.40 Å². The highest BCUT2D eigenvalue weighted by Crippen LogP contribution is 2.17. The molecule has 1 N–H and O–H groups in total. The molecule has 2 heterocycles. The van der Waals surface area contributed by atoms with E-state index < -0.39 is 0 Å². The molecule has 4 heteroatoms. The van der Waals surface area contributed by atoms with Crippen LogP contribution in [0.2, 0.25) is 0 Å². The van der Waals surface area contributed by atoms with Gasteiger partial charge in [-0.25, -0.2) is 0 Å². The summed E-state index contributed by atoms with van der Waals surface area (Å²) in [5.74, 6) is 0.932. The molecule has 3 rings (SSSR count). The molecule has 0 fully saturated rings. The molecule has 0 spiro atoms. The normalized spacial score (nSPS) is 12.7. The van der Waals surface area contributed by atoms with Crippen molar-refractivity contribution in [3.63, 3.8) is 0 Å². The Bertz CT molecular complexity index is 740. The Balaban J connectivity index is 1.75. The maximum Gasteiger partial charge on any atom is 0.160 e. The lowest BCUT2D eigenvalue weighted by atomic mass is 10.0. The molecule has 1 atom stereocenters. The first-order valence-corrected chi connectivity index (χ1v) is 7.24. The summed E-state index contributed by atoms with van der Waals surface area (Å²) in [5, 5.41) is 11.9. The molecular weight excluding hydrogens is 260 g/mol. The summed E-state index contributed by atoms with van der Waals surface area (Å²) in [6, 6.07) is 12.9. The number of nitrogens with zero attached hydrogens (tertiary/aromatic N) is 3. The highest BCUT2D eigenvalue weighted by Gasteiger charge is 2.09. The van der Waals surface area contributed by atoms with E-state index in [9.17, 15) is 0 Å². The maximum atomic E-state index is 4.25. The number of aryl methyl sites for hydroxylation is 2. The van der Waals surface area contributed by atoms with Gasteiger partial charge in [0.05, 0.1) is 6.54 Å². The van der Waals surface area contributed by atoms with Crippen molar-refractivity contribution in [1.29, 1.82) is 0 Å². The van der Waals surface area contributed by atoms with E-state index >= 15 is 0 Å². The van der Waals surface area contributed by atoms with E-state index in [4.69, 9.17) is 0 Å². The Labute approximate surface area is 124 Å². The van der Waals surface area contributed by atoms with Gasteiger partial charge in [-0.05, 0) is 38.5 Å². The summed E-state index contributed by atoms with van der Waals surface area (Å²) in [7, 11) is 0. The molecule has 2 aromatic heterocycles. The molecule has 1 aromatic carbocycles. The fraction of sp³-hybridized carbons (Fsp3) is 0.294. The third-order valence-corrected chi connectivity index (χ3v) is 3.69. The molecule has 1 unspecified atom stereocenters. The second-order valence-corrected chi connectivity index (χ2v) is 5.57. The average Bonchev–Trinajstić information content (AvgIpc) is 2.87. The van der Waals surface area contributed by atoms with Crippen LogP contribution in [0, 0.1) is 13.8 Å². The van der Waals surface area contributed by atoms with Crippen LogP contribution < -0.4 is 5.32 Å². The maximum absolute atomic E-state index is 4.25. The molecule has 0 aliphatic rings. The first kappa shape index (κ1) is 13.8. The van der Waals surface area contributed by atoms with Gasteiger partial charge in [0.2, 0.25) is 0 Å². The summed E-state index contributed by atoms with van der Waals surface area (Å²) in [5.41, 5.74) is 4.79. The van der Waals surface area contributed by atoms with Crippen LogP contribution in [0.5, 0.6) is 0 Å². The number of aromatic nitrogens is 3. The summed E-state index contributed by atoms with van der Waals surface area (Å²) in [6.45, 7) is 7.14. The van der Waals surface area contributed by atoms with Crippen molar-refractivity contribution in [3.05, 3.63) is 65.1 Å². The molecule has 21 heavy (non-hydrogen) atoms. The van der Waals surface area contributed by atoms with Gasteiger partial charge in [-0.1, -0.05) is 35.4 Å². The van der Waals surface area contributed by atoms with Gasteiger partial charge in [-0.15, -0.1) is 10.2 Å². The van der Waals surface area contributed by atoms with Gasteiger partial charge in [-0.2, -0.15) is 0 Å². The summed E-state index contributed by atoms with van der Waals surface area (Å²) < 4.78 is 2.02. The topological polar surface area (TPSA) is 42.2 Å².